The van der Waals surface area contributed by atoms with Crippen molar-refractivity contribution in [2.24, 2.45) is 0 Å². The second kappa shape index (κ2) is 9.36. The lowest BCUT2D eigenvalue weighted by atomic mass is 10.1. The Bertz CT molecular complexity index is 766. The van der Waals surface area contributed by atoms with Gasteiger partial charge in [0.15, 0.2) is 5.78 Å². The first-order chi connectivity index (χ1) is 12.5. The summed E-state index contributed by atoms with van der Waals surface area (Å²) in [7, 11) is 2.88. The van der Waals surface area contributed by atoms with Crippen molar-refractivity contribution in [3.8, 4) is 5.75 Å². The van der Waals surface area contributed by atoms with Gasteiger partial charge in [-0.05, 0) is 55.0 Å². The minimum absolute atomic E-state index is 0.0112. The number of amides is 1. The molecule has 0 aromatic heterocycles. The number of hydrogen-bond acceptors (Lipinski definition) is 5. The third-order valence-corrected chi connectivity index (χ3v) is 3.81. The molecule has 0 aliphatic heterocycles. The van der Waals surface area contributed by atoms with Crippen LogP contribution in [0.1, 0.15) is 40.0 Å². The molecule has 0 aliphatic carbocycles. The third-order valence-electron chi connectivity index (χ3n) is 3.81. The average molecular weight is 355 g/mol. The first-order valence-electron chi connectivity index (χ1n) is 8.19. The summed E-state index contributed by atoms with van der Waals surface area (Å²) in [6.07, 6.45) is 0.985. The highest BCUT2D eigenvalue weighted by molar-refractivity contribution is 5.97. The van der Waals surface area contributed by atoms with Crippen molar-refractivity contribution in [3.63, 3.8) is 0 Å². The van der Waals surface area contributed by atoms with Crippen LogP contribution < -0.4 is 10.1 Å². The molecular weight excluding hydrogens is 334 g/mol. The van der Waals surface area contributed by atoms with Gasteiger partial charge in [0.05, 0.1) is 19.8 Å². The summed E-state index contributed by atoms with van der Waals surface area (Å²) >= 11 is 0. The number of rotatable bonds is 8. The summed E-state index contributed by atoms with van der Waals surface area (Å²) in [6, 6.07) is 13.3. The van der Waals surface area contributed by atoms with Gasteiger partial charge in [-0.15, -0.1) is 0 Å². The van der Waals surface area contributed by atoms with E-state index in [2.05, 4.69) is 10.1 Å². The van der Waals surface area contributed by atoms with Crippen molar-refractivity contribution in [2.45, 2.75) is 19.3 Å². The summed E-state index contributed by atoms with van der Waals surface area (Å²) in [5.41, 5.74) is 1.60. The van der Waals surface area contributed by atoms with Crippen LogP contribution in [0, 0.1) is 0 Å². The van der Waals surface area contributed by atoms with Crippen LogP contribution in [-0.2, 0) is 9.53 Å². The molecule has 0 atom stereocenters. The fourth-order valence-corrected chi connectivity index (χ4v) is 2.36. The van der Waals surface area contributed by atoms with Crippen LogP contribution >= 0.6 is 0 Å². The third kappa shape index (κ3) is 5.44. The van der Waals surface area contributed by atoms with E-state index in [1.807, 2.05) is 0 Å². The van der Waals surface area contributed by atoms with Gasteiger partial charge < -0.3 is 14.8 Å². The first kappa shape index (κ1) is 19.2. The molecule has 2 rings (SSSR count). The van der Waals surface area contributed by atoms with Gasteiger partial charge in [0.25, 0.3) is 0 Å². The van der Waals surface area contributed by atoms with Crippen molar-refractivity contribution in [1.29, 1.82) is 0 Å². The maximum absolute atomic E-state index is 12.1. The number of benzene rings is 2. The van der Waals surface area contributed by atoms with Crippen LogP contribution in [0.5, 0.6) is 5.75 Å². The van der Waals surface area contributed by atoms with E-state index in [0.29, 0.717) is 35.4 Å². The molecule has 6 nitrogen and oxygen atoms in total. The summed E-state index contributed by atoms with van der Waals surface area (Å²) in [6.45, 7) is 0. The number of ether oxygens (including phenoxy) is 2. The smallest absolute Gasteiger partial charge is 0.337 e. The van der Waals surface area contributed by atoms with Gasteiger partial charge in [-0.1, -0.05) is 0 Å². The number of anilines is 1. The standard InChI is InChI=1S/C20H21NO5/c1-25-17-12-8-14(9-13-17)18(22)4-3-5-19(23)21-16-10-6-15(7-11-16)20(24)26-2/h6-13H,3-5H2,1-2H3,(H,21,23). The minimum atomic E-state index is -0.431. The second-order valence-corrected chi connectivity index (χ2v) is 5.62. The Morgan fingerprint density at radius 3 is 2.04 bits per heavy atom. The van der Waals surface area contributed by atoms with Crippen LogP contribution in [0.3, 0.4) is 0 Å². The number of carbonyl (C=O) groups excluding carboxylic acids is 3. The fraction of sp³-hybridized carbons (Fsp3) is 0.250. The molecule has 6 heteroatoms. The Balaban J connectivity index is 1.77. The van der Waals surface area contributed by atoms with E-state index < -0.39 is 5.97 Å². The Hall–Kier alpha value is -3.15. The molecule has 0 radical (unpaired) electrons. The molecule has 0 saturated carbocycles. The van der Waals surface area contributed by atoms with Gasteiger partial charge >= 0.3 is 5.97 Å². The molecule has 0 heterocycles. The molecule has 0 spiro atoms. The van der Waals surface area contributed by atoms with E-state index in [1.54, 1.807) is 55.6 Å². The molecule has 0 bridgehead atoms. The highest BCUT2D eigenvalue weighted by Crippen LogP contribution is 2.15. The zero-order chi connectivity index (χ0) is 18.9. The summed E-state index contributed by atoms with van der Waals surface area (Å²) < 4.78 is 9.67. The summed E-state index contributed by atoms with van der Waals surface area (Å²) in [4.78, 5) is 35.4. The molecule has 136 valence electrons. The highest BCUT2D eigenvalue weighted by atomic mass is 16.5. The molecule has 0 aliphatic rings. The van der Waals surface area contributed by atoms with Crippen LogP contribution in [0.25, 0.3) is 0 Å². The Morgan fingerprint density at radius 1 is 0.846 bits per heavy atom. The Kier molecular flexibility index (Phi) is 6.91. The van der Waals surface area contributed by atoms with Crippen LogP contribution in [0.4, 0.5) is 5.69 Å². The van der Waals surface area contributed by atoms with Crippen molar-refractivity contribution in [1.82, 2.24) is 0 Å². The minimum Gasteiger partial charge on any atom is -0.497 e. The lowest BCUT2D eigenvalue weighted by Gasteiger charge is -2.06. The van der Waals surface area contributed by atoms with Crippen molar-refractivity contribution in [2.75, 3.05) is 19.5 Å². The van der Waals surface area contributed by atoms with Crippen molar-refractivity contribution in [3.05, 3.63) is 59.7 Å². The maximum Gasteiger partial charge on any atom is 0.337 e. The molecule has 1 amide bonds. The number of nitrogens with one attached hydrogen (secondary N) is 1. The zero-order valence-corrected chi connectivity index (χ0v) is 14.8. The second-order valence-electron chi connectivity index (χ2n) is 5.62. The molecule has 0 unspecified atom stereocenters. The predicted molar refractivity (Wildman–Crippen MR) is 97.6 cm³/mol. The van der Waals surface area contributed by atoms with Gasteiger partial charge in [-0.2, -0.15) is 0 Å². The molecular formula is C20H21NO5. The summed E-state index contributed by atoms with van der Waals surface area (Å²) in [5.74, 6) is 0.0697. The quantitative estimate of drug-likeness (QED) is 0.579. The summed E-state index contributed by atoms with van der Waals surface area (Å²) in [5, 5.41) is 2.74. The van der Waals surface area contributed by atoms with Gasteiger partial charge in [0.1, 0.15) is 5.75 Å². The van der Waals surface area contributed by atoms with E-state index in [1.165, 1.54) is 7.11 Å². The van der Waals surface area contributed by atoms with E-state index in [4.69, 9.17) is 4.74 Å². The fourth-order valence-electron chi connectivity index (χ4n) is 2.36. The number of Topliss-reactive ketones (excluding diaryl/α,β-unsaturated/α-hetero) is 1. The molecule has 0 saturated heterocycles. The molecule has 26 heavy (non-hydrogen) atoms. The number of methoxy groups -OCH3 is 2. The normalized spacial score (nSPS) is 10.1. The highest BCUT2D eigenvalue weighted by Gasteiger charge is 2.09. The van der Waals surface area contributed by atoms with E-state index >= 15 is 0 Å². The average Bonchev–Trinajstić information content (AvgIpc) is 2.68. The number of ketones is 1. The van der Waals surface area contributed by atoms with Crippen molar-refractivity contribution < 1.29 is 23.9 Å². The van der Waals surface area contributed by atoms with Crippen LogP contribution in [0.2, 0.25) is 0 Å². The number of carbonyl (C=O) groups is 3. The number of hydrogen-bond donors (Lipinski definition) is 1. The molecule has 2 aromatic rings. The first-order valence-corrected chi connectivity index (χ1v) is 8.19. The van der Waals surface area contributed by atoms with Crippen LogP contribution in [0.15, 0.2) is 48.5 Å². The predicted octanol–water partition coefficient (Wildman–Crippen LogP) is 3.47. The molecule has 0 fully saturated rings. The number of esters is 1. The van der Waals surface area contributed by atoms with Gasteiger partial charge in [-0.25, -0.2) is 4.79 Å². The molecule has 2 aromatic carbocycles. The Morgan fingerprint density at radius 2 is 1.46 bits per heavy atom. The maximum atomic E-state index is 12.1. The van der Waals surface area contributed by atoms with Crippen molar-refractivity contribution >= 4 is 23.3 Å². The van der Waals surface area contributed by atoms with Gasteiger partial charge in [-0.3, -0.25) is 9.59 Å². The lowest BCUT2D eigenvalue weighted by Crippen LogP contribution is -2.12. The Labute approximate surface area is 152 Å². The van der Waals surface area contributed by atoms with Gasteiger partial charge in [0, 0.05) is 24.1 Å². The van der Waals surface area contributed by atoms with E-state index in [-0.39, 0.29) is 18.1 Å². The van der Waals surface area contributed by atoms with Crippen LogP contribution in [-0.4, -0.2) is 31.9 Å². The van der Waals surface area contributed by atoms with E-state index in [0.717, 1.165) is 0 Å². The molecule has 1 N–H and O–H groups in total. The zero-order valence-electron chi connectivity index (χ0n) is 14.8. The van der Waals surface area contributed by atoms with E-state index in [9.17, 15) is 14.4 Å². The monoisotopic (exact) mass is 355 g/mol. The topological polar surface area (TPSA) is 81.7 Å². The SMILES string of the molecule is COC(=O)c1ccc(NC(=O)CCCC(=O)c2ccc(OC)cc2)cc1. The lowest BCUT2D eigenvalue weighted by molar-refractivity contribution is -0.116. The largest absolute Gasteiger partial charge is 0.497 e. The van der Waals surface area contributed by atoms with Gasteiger partial charge in [0.2, 0.25) is 5.91 Å².